The number of alkyl halides is 1. The van der Waals surface area contributed by atoms with E-state index in [0.29, 0.717) is 11.7 Å². The van der Waals surface area contributed by atoms with Crippen LogP contribution in [0.1, 0.15) is 5.69 Å². The van der Waals surface area contributed by atoms with Crippen LogP contribution < -0.4 is 0 Å². The number of nitrogens with zero attached hydrogens (tertiary/aromatic N) is 2. The van der Waals surface area contributed by atoms with E-state index in [4.69, 9.17) is 16.0 Å². The summed E-state index contributed by atoms with van der Waals surface area (Å²) in [7, 11) is 0. The number of furan rings is 1. The molecule has 0 saturated heterocycles. The van der Waals surface area contributed by atoms with Crippen molar-refractivity contribution >= 4 is 11.6 Å². The van der Waals surface area contributed by atoms with Gasteiger partial charge in [0.2, 0.25) is 0 Å². The summed E-state index contributed by atoms with van der Waals surface area (Å²) in [4.78, 5) is 8.33. The van der Waals surface area contributed by atoms with Crippen molar-refractivity contribution in [1.29, 1.82) is 0 Å². The molecule has 2 rings (SSSR count). The number of hydrogen-bond donors (Lipinski definition) is 0. The van der Waals surface area contributed by atoms with E-state index < -0.39 is 0 Å². The van der Waals surface area contributed by atoms with E-state index in [1.807, 2.05) is 6.07 Å². The third-order valence-electron chi connectivity index (χ3n) is 1.63. The molecular weight excluding hydrogens is 188 g/mol. The van der Waals surface area contributed by atoms with Crippen LogP contribution in [0.15, 0.2) is 35.3 Å². The lowest BCUT2D eigenvalue weighted by molar-refractivity contribution is 0.568. The van der Waals surface area contributed by atoms with Gasteiger partial charge in [-0.05, 0) is 12.1 Å². The maximum atomic E-state index is 5.65. The summed E-state index contributed by atoms with van der Waals surface area (Å²) < 4.78 is 4.93. The minimum Gasteiger partial charge on any atom is -0.472 e. The summed E-state index contributed by atoms with van der Waals surface area (Å²) in [6, 6.07) is 3.60. The Balaban J connectivity index is 2.41. The Morgan fingerprint density at radius 1 is 1.38 bits per heavy atom. The summed E-state index contributed by atoms with van der Waals surface area (Å²) in [5, 5.41) is 0. The first kappa shape index (κ1) is 8.26. The van der Waals surface area contributed by atoms with Gasteiger partial charge in [0, 0.05) is 6.20 Å². The second-order valence-electron chi connectivity index (χ2n) is 2.52. The van der Waals surface area contributed by atoms with E-state index >= 15 is 0 Å². The van der Waals surface area contributed by atoms with Crippen molar-refractivity contribution in [3.8, 4) is 11.4 Å². The molecule has 2 heterocycles. The zero-order valence-corrected chi connectivity index (χ0v) is 7.53. The van der Waals surface area contributed by atoms with E-state index in [1.165, 1.54) is 0 Å². The highest BCUT2D eigenvalue weighted by atomic mass is 35.5. The van der Waals surface area contributed by atoms with Gasteiger partial charge >= 0.3 is 0 Å². The summed E-state index contributed by atoms with van der Waals surface area (Å²) in [6.45, 7) is 0. The first-order valence-corrected chi connectivity index (χ1v) is 4.34. The van der Waals surface area contributed by atoms with Crippen LogP contribution in [0.3, 0.4) is 0 Å². The Labute approximate surface area is 80.4 Å². The Morgan fingerprint density at radius 2 is 2.31 bits per heavy atom. The molecule has 0 radical (unpaired) electrons. The van der Waals surface area contributed by atoms with Gasteiger partial charge in [0.1, 0.15) is 6.26 Å². The van der Waals surface area contributed by atoms with Gasteiger partial charge in [-0.15, -0.1) is 11.6 Å². The van der Waals surface area contributed by atoms with E-state index in [2.05, 4.69) is 9.97 Å². The normalized spacial score (nSPS) is 10.2. The van der Waals surface area contributed by atoms with Crippen molar-refractivity contribution in [2.45, 2.75) is 5.88 Å². The monoisotopic (exact) mass is 194 g/mol. The van der Waals surface area contributed by atoms with Crippen molar-refractivity contribution in [3.63, 3.8) is 0 Å². The third-order valence-corrected chi connectivity index (χ3v) is 1.90. The average Bonchev–Trinajstić information content (AvgIpc) is 2.71. The van der Waals surface area contributed by atoms with Crippen LogP contribution in [-0.2, 0) is 5.88 Å². The second kappa shape index (κ2) is 3.58. The molecular formula is C9H7ClN2O. The molecule has 0 aromatic carbocycles. The molecule has 2 aromatic rings. The lowest BCUT2D eigenvalue weighted by atomic mass is 10.3. The second-order valence-corrected chi connectivity index (χ2v) is 2.78. The number of halogens is 1. The van der Waals surface area contributed by atoms with Crippen LogP contribution in [0.25, 0.3) is 11.4 Å². The Kier molecular flexibility index (Phi) is 2.27. The molecule has 13 heavy (non-hydrogen) atoms. The van der Waals surface area contributed by atoms with E-state index in [-0.39, 0.29) is 0 Å². The highest BCUT2D eigenvalue weighted by Gasteiger charge is 2.02. The number of hydrogen-bond acceptors (Lipinski definition) is 3. The number of rotatable bonds is 2. The molecule has 0 fully saturated rings. The van der Waals surface area contributed by atoms with Crippen LogP contribution >= 0.6 is 11.6 Å². The average molecular weight is 195 g/mol. The molecule has 0 spiro atoms. The quantitative estimate of drug-likeness (QED) is 0.690. The summed E-state index contributed by atoms with van der Waals surface area (Å²) in [5.74, 6) is 1.04. The molecule has 0 bridgehead atoms. The molecule has 0 N–H and O–H groups in total. The van der Waals surface area contributed by atoms with Gasteiger partial charge in [0.05, 0.1) is 23.4 Å². The van der Waals surface area contributed by atoms with E-state index in [0.717, 1.165) is 11.3 Å². The smallest absolute Gasteiger partial charge is 0.162 e. The molecule has 2 aromatic heterocycles. The van der Waals surface area contributed by atoms with Crippen molar-refractivity contribution in [2.75, 3.05) is 0 Å². The molecule has 0 aliphatic heterocycles. The largest absolute Gasteiger partial charge is 0.472 e. The minimum absolute atomic E-state index is 0.396. The highest BCUT2D eigenvalue weighted by molar-refractivity contribution is 6.16. The maximum Gasteiger partial charge on any atom is 0.162 e. The first-order valence-electron chi connectivity index (χ1n) is 3.80. The molecule has 66 valence electrons. The van der Waals surface area contributed by atoms with Gasteiger partial charge in [-0.1, -0.05) is 0 Å². The van der Waals surface area contributed by atoms with Gasteiger partial charge in [0.25, 0.3) is 0 Å². The Morgan fingerprint density at radius 3 is 3.00 bits per heavy atom. The van der Waals surface area contributed by atoms with Crippen molar-refractivity contribution in [3.05, 3.63) is 36.5 Å². The third kappa shape index (κ3) is 1.70. The van der Waals surface area contributed by atoms with Crippen LogP contribution in [-0.4, -0.2) is 9.97 Å². The fourth-order valence-corrected chi connectivity index (χ4v) is 1.15. The number of aromatic nitrogens is 2. The van der Waals surface area contributed by atoms with E-state index in [9.17, 15) is 0 Å². The van der Waals surface area contributed by atoms with Crippen molar-refractivity contribution < 1.29 is 4.42 Å². The molecule has 3 nitrogen and oxygen atoms in total. The Bertz CT molecular complexity index is 386. The fraction of sp³-hybridized carbons (Fsp3) is 0.111. The predicted octanol–water partition coefficient (Wildman–Crippen LogP) is 2.48. The van der Waals surface area contributed by atoms with Gasteiger partial charge in [-0.3, -0.25) is 0 Å². The summed E-state index contributed by atoms with van der Waals surface area (Å²) in [5.41, 5.74) is 1.68. The van der Waals surface area contributed by atoms with Crippen LogP contribution in [0, 0.1) is 0 Å². The SMILES string of the molecule is ClCc1ccnc(-c2ccoc2)n1. The molecule has 0 unspecified atom stereocenters. The maximum absolute atomic E-state index is 5.65. The lowest BCUT2D eigenvalue weighted by Gasteiger charge is -1.96. The van der Waals surface area contributed by atoms with Crippen LogP contribution in [0.4, 0.5) is 0 Å². The Hall–Kier alpha value is -1.35. The van der Waals surface area contributed by atoms with E-state index in [1.54, 1.807) is 24.8 Å². The predicted molar refractivity (Wildman–Crippen MR) is 49.3 cm³/mol. The first-order chi connectivity index (χ1) is 6.40. The standard InChI is InChI=1S/C9H7ClN2O/c10-5-8-1-3-11-9(12-8)7-2-4-13-6-7/h1-4,6H,5H2. The summed E-state index contributed by atoms with van der Waals surface area (Å²) in [6.07, 6.45) is 4.88. The molecule has 4 heteroatoms. The minimum atomic E-state index is 0.396. The zero-order chi connectivity index (χ0) is 9.10. The molecule has 0 atom stereocenters. The van der Waals surface area contributed by atoms with Crippen LogP contribution in [0.5, 0.6) is 0 Å². The van der Waals surface area contributed by atoms with Crippen molar-refractivity contribution in [1.82, 2.24) is 9.97 Å². The molecule has 0 saturated carbocycles. The molecule has 0 aliphatic rings. The molecule has 0 aliphatic carbocycles. The summed E-state index contributed by atoms with van der Waals surface area (Å²) >= 11 is 5.65. The van der Waals surface area contributed by atoms with Crippen LogP contribution in [0.2, 0.25) is 0 Å². The highest BCUT2D eigenvalue weighted by Crippen LogP contribution is 2.14. The molecule has 0 amide bonds. The van der Waals surface area contributed by atoms with Gasteiger partial charge in [-0.2, -0.15) is 0 Å². The van der Waals surface area contributed by atoms with Gasteiger partial charge < -0.3 is 4.42 Å². The zero-order valence-electron chi connectivity index (χ0n) is 6.77. The lowest BCUT2D eigenvalue weighted by Crippen LogP contribution is -1.90. The van der Waals surface area contributed by atoms with Gasteiger partial charge in [-0.25, -0.2) is 9.97 Å². The van der Waals surface area contributed by atoms with Crippen molar-refractivity contribution in [2.24, 2.45) is 0 Å². The topological polar surface area (TPSA) is 38.9 Å². The fourth-order valence-electron chi connectivity index (χ4n) is 1.00. The van der Waals surface area contributed by atoms with Gasteiger partial charge in [0.15, 0.2) is 5.82 Å².